The minimum Gasteiger partial charge on any atom is -0.383 e. The summed E-state index contributed by atoms with van der Waals surface area (Å²) in [5.74, 6) is 2.71. The van der Waals surface area contributed by atoms with Crippen LogP contribution in [0.1, 0.15) is 98.3 Å². The number of hydrogen-bond donors (Lipinski definition) is 3. The van der Waals surface area contributed by atoms with Crippen LogP contribution in [0, 0.1) is 18.3 Å². The first-order chi connectivity index (χ1) is 28.9. The van der Waals surface area contributed by atoms with Gasteiger partial charge in [-0.2, -0.15) is 4.98 Å². The van der Waals surface area contributed by atoms with Crippen LogP contribution in [0.25, 0.3) is 16.8 Å². The summed E-state index contributed by atoms with van der Waals surface area (Å²) in [7, 11) is 2.15. The lowest BCUT2D eigenvalue weighted by molar-refractivity contribution is 0.170. The van der Waals surface area contributed by atoms with Crippen molar-refractivity contribution in [3.05, 3.63) is 138 Å². The monoisotopic (exact) mass is 806 g/mol. The molecule has 0 spiro atoms. The molecule has 2 aliphatic rings. The average Bonchev–Trinajstić information content (AvgIpc) is 3.78. The predicted molar refractivity (Wildman–Crippen MR) is 248 cm³/mol. The van der Waals surface area contributed by atoms with Gasteiger partial charge in [0.2, 0.25) is 0 Å². The van der Waals surface area contributed by atoms with Crippen molar-refractivity contribution in [1.82, 2.24) is 25.3 Å². The van der Waals surface area contributed by atoms with E-state index in [-0.39, 0.29) is 5.41 Å². The molecule has 7 rings (SSSR count). The molecular weight excluding hydrogens is 743 g/mol. The largest absolute Gasteiger partial charge is 0.383 e. The van der Waals surface area contributed by atoms with E-state index in [4.69, 9.17) is 15.7 Å². The van der Waals surface area contributed by atoms with E-state index in [0.29, 0.717) is 47.0 Å². The summed E-state index contributed by atoms with van der Waals surface area (Å²) < 4.78 is 5.43. The average molecular weight is 806 g/mol. The molecule has 5 aromatic rings. The summed E-state index contributed by atoms with van der Waals surface area (Å²) >= 11 is 0. The number of nitrogens with one attached hydrogen (secondary N) is 2. The third kappa shape index (κ3) is 10.2. The Morgan fingerprint density at radius 3 is 2.33 bits per heavy atom. The number of piperidine rings is 2. The Morgan fingerprint density at radius 1 is 0.967 bits per heavy atom. The summed E-state index contributed by atoms with van der Waals surface area (Å²) in [5, 5.41) is 16.5. The highest BCUT2D eigenvalue weighted by atomic mass is 16.5. The topological polar surface area (TPSA) is 123 Å². The van der Waals surface area contributed by atoms with Gasteiger partial charge in [0.1, 0.15) is 5.82 Å². The Labute approximate surface area is 357 Å². The Balaban J connectivity index is 0.885. The maximum absolute atomic E-state index is 9.13. The maximum Gasteiger partial charge on any atom is 0.273 e. The molecule has 2 aliphatic heterocycles. The summed E-state index contributed by atoms with van der Waals surface area (Å²) in [5.41, 5.74) is 16.7. The van der Waals surface area contributed by atoms with Crippen molar-refractivity contribution in [2.24, 2.45) is 5.92 Å². The zero-order chi connectivity index (χ0) is 42.4. The molecule has 3 aromatic carbocycles. The van der Waals surface area contributed by atoms with Gasteiger partial charge >= 0.3 is 0 Å². The number of anilines is 3. The molecule has 2 saturated heterocycles. The van der Waals surface area contributed by atoms with Gasteiger partial charge in [-0.05, 0) is 123 Å². The van der Waals surface area contributed by atoms with Crippen LogP contribution in [0.5, 0.6) is 0 Å². The number of aromatic nitrogens is 3. The van der Waals surface area contributed by atoms with Crippen molar-refractivity contribution < 1.29 is 4.52 Å². The number of likely N-dealkylation sites (tertiary alicyclic amines) is 1. The van der Waals surface area contributed by atoms with Crippen LogP contribution in [0.4, 0.5) is 17.2 Å². The third-order valence-electron chi connectivity index (χ3n) is 12.4. The van der Waals surface area contributed by atoms with E-state index in [0.717, 1.165) is 72.9 Å². The Morgan fingerprint density at radius 2 is 1.68 bits per heavy atom. The fraction of sp³-hybridized carbons (Fsp3) is 0.400. The quantitative estimate of drug-likeness (QED) is 0.0701. The van der Waals surface area contributed by atoms with Gasteiger partial charge in [-0.3, -0.25) is 5.41 Å². The molecule has 2 aromatic heterocycles. The van der Waals surface area contributed by atoms with Crippen LogP contribution in [-0.4, -0.2) is 72.1 Å². The van der Waals surface area contributed by atoms with E-state index < -0.39 is 0 Å². The number of aryl methyl sites for hydroxylation is 1. The van der Waals surface area contributed by atoms with Gasteiger partial charge in [0, 0.05) is 79.4 Å². The second-order valence-corrected chi connectivity index (χ2v) is 17.8. The highest BCUT2D eigenvalue weighted by Crippen LogP contribution is 2.33. The lowest BCUT2D eigenvalue weighted by Crippen LogP contribution is -2.41. The molecule has 4 N–H and O–H groups in total. The van der Waals surface area contributed by atoms with Gasteiger partial charge in [-0.15, -0.1) is 6.58 Å². The van der Waals surface area contributed by atoms with Gasteiger partial charge in [0.25, 0.3) is 5.89 Å². The molecule has 0 bridgehead atoms. The zero-order valence-corrected chi connectivity index (χ0v) is 36.3. The first-order valence-electron chi connectivity index (χ1n) is 21.6. The minimum atomic E-state index is -0.210. The van der Waals surface area contributed by atoms with E-state index in [1.807, 2.05) is 64.2 Å². The van der Waals surface area contributed by atoms with Crippen LogP contribution in [0.15, 0.2) is 103 Å². The van der Waals surface area contributed by atoms with Gasteiger partial charge in [-0.25, -0.2) is 4.98 Å². The van der Waals surface area contributed by atoms with Crippen LogP contribution in [-0.2, 0) is 12.0 Å². The van der Waals surface area contributed by atoms with Gasteiger partial charge in [0.15, 0.2) is 5.82 Å². The van der Waals surface area contributed by atoms with Gasteiger partial charge in [0.05, 0.1) is 11.4 Å². The number of nitrogens with zero attached hydrogens (tertiary/aromatic N) is 6. The highest BCUT2D eigenvalue weighted by Gasteiger charge is 2.26. The maximum atomic E-state index is 9.13. The second kappa shape index (κ2) is 18.7. The van der Waals surface area contributed by atoms with Crippen molar-refractivity contribution in [3.8, 4) is 11.1 Å². The van der Waals surface area contributed by atoms with Crippen LogP contribution in [0.3, 0.4) is 0 Å². The molecule has 0 radical (unpaired) electrons. The molecule has 10 nitrogen and oxygen atoms in total. The lowest BCUT2D eigenvalue weighted by Gasteiger charge is -2.38. The summed E-state index contributed by atoms with van der Waals surface area (Å²) in [6.45, 7) is 23.4. The predicted octanol–water partition coefficient (Wildman–Crippen LogP) is 9.60. The van der Waals surface area contributed by atoms with E-state index in [1.54, 1.807) is 0 Å². The van der Waals surface area contributed by atoms with Crippen molar-refractivity contribution in [2.75, 3.05) is 61.8 Å². The second-order valence-electron chi connectivity index (χ2n) is 17.8. The lowest BCUT2D eigenvalue weighted by atomic mass is 9.87. The van der Waals surface area contributed by atoms with E-state index in [1.165, 1.54) is 49.2 Å². The minimum absolute atomic E-state index is 0.210. The normalized spacial score (nSPS) is 15.5. The fourth-order valence-electron chi connectivity index (χ4n) is 8.43. The van der Waals surface area contributed by atoms with Crippen LogP contribution >= 0.6 is 0 Å². The smallest absolute Gasteiger partial charge is 0.273 e. The third-order valence-corrected chi connectivity index (χ3v) is 12.4. The van der Waals surface area contributed by atoms with E-state index in [9.17, 15) is 0 Å². The van der Waals surface area contributed by atoms with E-state index in [2.05, 4.69) is 104 Å². The Hall–Kier alpha value is -5.74. The fourth-order valence-corrected chi connectivity index (χ4v) is 8.43. The van der Waals surface area contributed by atoms with Gasteiger partial charge in [-0.1, -0.05) is 75.0 Å². The van der Waals surface area contributed by atoms with Crippen LogP contribution < -0.4 is 20.9 Å². The molecule has 10 heteroatoms. The number of rotatable bonds is 15. The first kappa shape index (κ1) is 42.4. The highest BCUT2D eigenvalue weighted by molar-refractivity contribution is 6.14. The molecule has 2 fully saturated rings. The number of pyridine rings is 1. The molecule has 60 heavy (non-hydrogen) atoms. The Kier molecular flexibility index (Phi) is 13.2. The van der Waals surface area contributed by atoms with E-state index >= 15 is 0 Å². The number of nitrogen functional groups attached to an aromatic ring is 1. The van der Waals surface area contributed by atoms with Crippen molar-refractivity contribution in [2.45, 2.75) is 77.7 Å². The number of nitrogens with two attached hydrogens (primary N) is 1. The summed E-state index contributed by atoms with van der Waals surface area (Å²) in [6, 6.07) is 26.1. The number of benzene rings is 3. The molecule has 0 amide bonds. The molecule has 0 saturated carbocycles. The van der Waals surface area contributed by atoms with Crippen molar-refractivity contribution >= 4 is 28.6 Å². The first-order valence-corrected chi connectivity index (χ1v) is 21.6. The SMILES string of the molecule is C=CCCN(C)c1ccc(N2CCC(CN3CCC(c4ccc(-c5cnc(N)c(C(=N)c6ccc(CNC(=C)c7nc(C(C)(C)C)no7)c(C)c6)c5)cc4)CC3)CC2)cc1. The number of hydrogen-bond acceptors (Lipinski definition) is 10. The molecule has 4 heterocycles. The van der Waals surface area contributed by atoms with Crippen molar-refractivity contribution in [3.63, 3.8) is 0 Å². The van der Waals surface area contributed by atoms with Crippen LogP contribution in [0.2, 0.25) is 0 Å². The zero-order valence-electron chi connectivity index (χ0n) is 36.3. The molecule has 0 aliphatic carbocycles. The Bertz CT molecular complexity index is 2250. The summed E-state index contributed by atoms with van der Waals surface area (Å²) in [4.78, 5) is 16.6. The standard InChI is InChI=1S/C50H63N9O/c1-8-9-24-57(7)43-16-18-44(19-17-43)59-27-20-36(21-28-59)33-58-25-22-39(23-26-58)37-10-12-38(13-11-37)42-30-45(47(52)54-32-42)46(51)40-14-15-41(34(2)29-40)31-53-35(3)48-55-49(56-60-48)50(4,5)6/h8,10-19,29-30,32,36,39,51,53H,1,3,9,20-28,31,33H2,2,4-7H3,(H2,52,54). The molecule has 0 atom stereocenters. The van der Waals surface area contributed by atoms with Gasteiger partial charge < -0.3 is 30.3 Å². The molecule has 314 valence electrons. The van der Waals surface area contributed by atoms with Crippen molar-refractivity contribution in [1.29, 1.82) is 5.41 Å². The molecular formula is C50H63N9O. The molecule has 0 unspecified atom stereocenters. The summed E-state index contributed by atoms with van der Waals surface area (Å²) in [6.07, 6.45) is 9.68.